The number of pyridine rings is 1. The van der Waals surface area contributed by atoms with E-state index in [0.29, 0.717) is 16.8 Å². The summed E-state index contributed by atoms with van der Waals surface area (Å²) < 4.78 is 1.44. The van der Waals surface area contributed by atoms with Crippen molar-refractivity contribution in [3.05, 3.63) is 75.2 Å². The maximum atomic E-state index is 13.3. The molecular formula is C21H21ClN2O3. The van der Waals surface area contributed by atoms with E-state index >= 15 is 0 Å². The Morgan fingerprint density at radius 3 is 2.37 bits per heavy atom. The Morgan fingerprint density at radius 2 is 1.78 bits per heavy atom. The van der Waals surface area contributed by atoms with Crippen LogP contribution >= 0.6 is 11.6 Å². The standard InChI is InChI=1S/C21H21ClN2O3/c1-21(2,3)23-12-16-18(20(26)27)14-10-7-11-15(22)17(14)19(25)24(16)13-8-5-4-6-9-13/h4-11,23H,12H2,1-3H3,(H,26,27). The van der Waals surface area contributed by atoms with Crippen molar-refractivity contribution in [2.75, 3.05) is 0 Å². The molecule has 2 aromatic carbocycles. The van der Waals surface area contributed by atoms with Gasteiger partial charge in [-0.15, -0.1) is 0 Å². The summed E-state index contributed by atoms with van der Waals surface area (Å²) >= 11 is 6.28. The Hall–Kier alpha value is -2.63. The molecule has 0 aliphatic rings. The third-order valence-electron chi connectivity index (χ3n) is 4.27. The number of para-hydroxylation sites is 1. The number of fused-ring (bicyclic) bond motifs is 1. The lowest BCUT2D eigenvalue weighted by Crippen LogP contribution is -2.38. The van der Waals surface area contributed by atoms with Crippen molar-refractivity contribution in [3.63, 3.8) is 0 Å². The van der Waals surface area contributed by atoms with Crippen molar-refractivity contribution >= 4 is 28.3 Å². The third kappa shape index (κ3) is 3.75. The van der Waals surface area contributed by atoms with E-state index in [9.17, 15) is 14.7 Å². The van der Waals surface area contributed by atoms with Gasteiger partial charge in [-0.2, -0.15) is 0 Å². The first-order chi connectivity index (χ1) is 12.7. The van der Waals surface area contributed by atoms with Crippen LogP contribution in [0.3, 0.4) is 0 Å². The molecule has 0 bridgehead atoms. The Labute approximate surface area is 162 Å². The fraction of sp³-hybridized carbons (Fsp3) is 0.238. The number of rotatable bonds is 4. The predicted octanol–water partition coefficient (Wildman–Crippen LogP) is 4.23. The topological polar surface area (TPSA) is 71.3 Å². The average Bonchev–Trinajstić information content (AvgIpc) is 2.59. The number of halogens is 1. The zero-order chi connectivity index (χ0) is 19.8. The molecule has 0 spiro atoms. The van der Waals surface area contributed by atoms with E-state index in [-0.39, 0.29) is 33.6 Å². The maximum Gasteiger partial charge on any atom is 0.338 e. The molecule has 5 nitrogen and oxygen atoms in total. The zero-order valence-corrected chi connectivity index (χ0v) is 16.2. The van der Waals surface area contributed by atoms with E-state index in [2.05, 4.69) is 5.32 Å². The van der Waals surface area contributed by atoms with Crippen molar-refractivity contribution < 1.29 is 9.90 Å². The fourth-order valence-corrected chi connectivity index (χ4v) is 3.31. The van der Waals surface area contributed by atoms with Crippen LogP contribution in [-0.2, 0) is 6.54 Å². The van der Waals surface area contributed by atoms with Crippen molar-refractivity contribution in [1.82, 2.24) is 9.88 Å². The average molecular weight is 385 g/mol. The lowest BCUT2D eigenvalue weighted by Gasteiger charge is -2.24. The van der Waals surface area contributed by atoms with Gasteiger partial charge in [-0.05, 0) is 39.0 Å². The number of hydrogen-bond acceptors (Lipinski definition) is 3. The highest BCUT2D eigenvalue weighted by molar-refractivity contribution is 6.35. The highest BCUT2D eigenvalue weighted by Gasteiger charge is 2.24. The number of hydrogen-bond donors (Lipinski definition) is 2. The van der Waals surface area contributed by atoms with Gasteiger partial charge in [-0.3, -0.25) is 9.36 Å². The highest BCUT2D eigenvalue weighted by Crippen LogP contribution is 2.27. The number of nitrogens with one attached hydrogen (secondary N) is 1. The summed E-state index contributed by atoms with van der Waals surface area (Å²) in [4.78, 5) is 25.5. The minimum absolute atomic E-state index is 0.0766. The van der Waals surface area contributed by atoms with E-state index < -0.39 is 5.97 Å². The first-order valence-electron chi connectivity index (χ1n) is 8.60. The van der Waals surface area contributed by atoms with Gasteiger partial charge in [0.25, 0.3) is 5.56 Å². The summed E-state index contributed by atoms with van der Waals surface area (Å²) in [5.41, 5.74) is 0.475. The molecule has 0 unspecified atom stereocenters. The van der Waals surface area contributed by atoms with E-state index in [1.54, 1.807) is 42.5 Å². The lowest BCUT2D eigenvalue weighted by atomic mass is 10.0. The maximum absolute atomic E-state index is 13.3. The van der Waals surface area contributed by atoms with Gasteiger partial charge >= 0.3 is 5.97 Å². The first kappa shape index (κ1) is 19.1. The molecule has 0 saturated heterocycles. The lowest BCUT2D eigenvalue weighted by molar-refractivity contribution is 0.0696. The molecule has 1 aromatic heterocycles. The van der Waals surface area contributed by atoms with E-state index in [4.69, 9.17) is 11.6 Å². The minimum atomic E-state index is -1.10. The molecular weight excluding hydrogens is 364 g/mol. The molecule has 0 atom stereocenters. The van der Waals surface area contributed by atoms with Crippen molar-refractivity contribution in [1.29, 1.82) is 0 Å². The van der Waals surface area contributed by atoms with Gasteiger partial charge in [0, 0.05) is 23.2 Å². The zero-order valence-electron chi connectivity index (χ0n) is 15.4. The Bertz CT molecular complexity index is 1070. The highest BCUT2D eigenvalue weighted by atomic mass is 35.5. The molecule has 140 valence electrons. The molecule has 1 heterocycles. The quantitative estimate of drug-likeness (QED) is 0.706. The summed E-state index contributed by atoms with van der Waals surface area (Å²) in [6.45, 7) is 6.17. The summed E-state index contributed by atoms with van der Waals surface area (Å²) in [6, 6.07) is 13.9. The molecule has 3 rings (SSSR count). The number of aromatic carboxylic acids is 1. The minimum Gasteiger partial charge on any atom is -0.478 e. The van der Waals surface area contributed by atoms with Crippen LogP contribution in [0.5, 0.6) is 0 Å². The van der Waals surface area contributed by atoms with Gasteiger partial charge in [-0.25, -0.2) is 4.79 Å². The molecule has 0 amide bonds. The predicted molar refractivity (Wildman–Crippen MR) is 108 cm³/mol. The summed E-state index contributed by atoms with van der Waals surface area (Å²) in [5.74, 6) is -1.10. The van der Waals surface area contributed by atoms with Crippen molar-refractivity contribution in [2.24, 2.45) is 0 Å². The molecule has 27 heavy (non-hydrogen) atoms. The second-order valence-corrected chi connectivity index (χ2v) is 7.78. The normalized spacial score (nSPS) is 11.7. The molecule has 0 radical (unpaired) electrons. The Balaban J connectivity index is 2.46. The summed E-state index contributed by atoms with van der Waals surface area (Å²) in [7, 11) is 0. The number of carbonyl (C=O) groups is 1. The van der Waals surface area contributed by atoms with Gasteiger partial charge in [0.1, 0.15) is 0 Å². The fourth-order valence-electron chi connectivity index (χ4n) is 3.06. The first-order valence-corrected chi connectivity index (χ1v) is 8.98. The molecule has 6 heteroatoms. The number of benzene rings is 2. The number of aromatic nitrogens is 1. The smallest absolute Gasteiger partial charge is 0.338 e. The second-order valence-electron chi connectivity index (χ2n) is 7.37. The summed E-state index contributed by atoms with van der Waals surface area (Å²) in [6.07, 6.45) is 0. The van der Waals surface area contributed by atoms with Crippen LogP contribution in [-0.4, -0.2) is 21.2 Å². The van der Waals surface area contributed by atoms with E-state index in [1.165, 1.54) is 4.57 Å². The van der Waals surface area contributed by atoms with Gasteiger partial charge < -0.3 is 10.4 Å². The summed E-state index contributed by atoms with van der Waals surface area (Å²) in [5, 5.41) is 14.0. The van der Waals surface area contributed by atoms with Crippen LogP contribution in [0.25, 0.3) is 16.5 Å². The molecule has 3 aromatic rings. The second kappa shape index (κ2) is 7.18. The Morgan fingerprint density at radius 1 is 1.11 bits per heavy atom. The van der Waals surface area contributed by atoms with Crippen LogP contribution in [0.2, 0.25) is 5.02 Å². The molecule has 0 saturated carbocycles. The molecule has 0 fully saturated rings. The monoisotopic (exact) mass is 384 g/mol. The van der Waals surface area contributed by atoms with Crippen LogP contribution in [0.15, 0.2) is 53.3 Å². The van der Waals surface area contributed by atoms with Crippen molar-refractivity contribution in [3.8, 4) is 5.69 Å². The molecule has 0 aliphatic heterocycles. The van der Waals surface area contributed by atoms with E-state index in [0.717, 1.165) is 0 Å². The van der Waals surface area contributed by atoms with Crippen LogP contribution in [0, 0.1) is 0 Å². The SMILES string of the molecule is CC(C)(C)NCc1c(C(=O)O)c2cccc(Cl)c2c(=O)n1-c1ccccc1. The molecule has 0 aliphatic carbocycles. The van der Waals surface area contributed by atoms with Gasteiger partial charge in [0.05, 0.1) is 21.7 Å². The number of carboxylic acid groups (broad SMARTS) is 1. The third-order valence-corrected chi connectivity index (χ3v) is 4.59. The van der Waals surface area contributed by atoms with Gasteiger partial charge in [-0.1, -0.05) is 41.9 Å². The largest absolute Gasteiger partial charge is 0.478 e. The van der Waals surface area contributed by atoms with E-state index in [1.807, 2.05) is 26.8 Å². The van der Waals surface area contributed by atoms with Gasteiger partial charge in [0.15, 0.2) is 0 Å². The Kier molecular flexibility index (Phi) is 5.09. The van der Waals surface area contributed by atoms with Crippen LogP contribution in [0.1, 0.15) is 36.8 Å². The number of nitrogens with zero attached hydrogens (tertiary/aromatic N) is 1. The van der Waals surface area contributed by atoms with Crippen LogP contribution in [0.4, 0.5) is 0 Å². The van der Waals surface area contributed by atoms with Crippen molar-refractivity contribution in [2.45, 2.75) is 32.9 Å². The number of carboxylic acids is 1. The van der Waals surface area contributed by atoms with Crippen LogP contribution < -0.4 is 10.9 Å². The molecule has 2 N–H and O–H groups in total. The van der Waals surface area contributed by atoms with Gasteiger partial charge in [0.2, 0.25) is 0 Å².